The van der Waals surface area contributed by atoms with Crippen molar-refractivity contribution in [3.05, 3.63) is 18.7 Å². The van der Waals surface area contributed by atoms with Gasteiger partial charge in [0.05, 0.1) is 19.0 Å². The number of ether oxygens (including phenoxy) is 1. The maximum atomic E-state index is 6.18. The summed E-state index contributed by atoms with van der Waals surface area (Å²) in [7, 11) is 0. The molecular weight excluding hydrogens is 260 g/mol. The van der Waals surface area contributed by atoms with Gasteiger partial charge in [0.15, 0.2) is 0 Å². The molecule has 1 fully saturated rings. The first-order valence-corrected chi connectivity index (χ1v) is 8.58. The monoisotopic (exact) mass is 292 g/mol. The van der Waals surface area contributed by atoms with Crippen LogP contribution in [0.15, 0.2) is 18.7 Å². The Bertz CT molecular complexity index is 386. The lowest BCUT2D eigenvalue weighted by Gasteiger charge is -2.39. The van der Waals surface area contributed by atoms with Crippen LogP contribution in [-0.2, 0) is 11.3 Å². The van der Waals surface area contributed by atoms with Crippen molar-refractivity contribution in [1.82, 2.24) is 9.55 Å². The second-order valence-corrected chi connectivity index (χ2v) is 7.65. The summed E-state index contributed by atoms with van der Waals surface area (Å²) in [6.45, 7) is 11.2. The third-order valence-corrected chi connectivity index (χ3v) is 5.01. The highest BCUT2D eigenvalue weighted by Crippen LogP contribution is 2.41. The van der Waals surface area contributed by atoms with Crippen molar-refractivity contribution in [1.29, 1.82) is 0 Å². The normalized spacial score (nSPS) is 25.0. The summed E-state index contributed by atoms with van der Waals surface area (Å²) in [5, 5.41) is 0. The maximum absolute atomic E-state index is 6.18. The lowest BCUT2D eigenvalue weighted by molar-refractivity contribution is -0.0207. The minimum absolute atomic E-state index is 0.347. The van der Waals surface area contributed by atoms with Crippen LogP contribution in [0.25, 0.3) is 0 Å². The lowest BCUT2D eigenvalue weighted by Crippen LogP contribution is -2.34. The summed E-state index contributed by atoms with van der Waals surface area (Å²) in [6.07, 6.45) is 12.6. The molecule has 0 bridgehead atoms. The molecule has 3 nitrogen and oxygen atoms in total. The Labute approximate surface area is 130 Å². The molecule has 120 valence electrons. The van der Waals surface area contributed by atoms with Crippen LogP contribution in [0.1, 0.15) is 59.8 Å². The van der Waals surface area contributed by atoms with Crippen LogP contribution in [0, 0.1) is 17.3 Å². The molecule has 0 radical (unpaired) electrons. The molecule has 0 spiro atoms. The molecule has 1 heterocycles. The SMILES string of the molecule is CCCOC(Cn1ccnc1)C1CCC(C(C)(C)C)CC1. The topological polar surface area (TPSA) is 27.1 Å². The van der Waals surface area contributed by atoms with Gasteiger partial charge in [0.25, 0.3) is 0 Å². The van der Waals surface area contributed by atoms with Crippen LogP contribution < -0.4 is 0 Å². The molecule has 0 N–H and O–H groups in total. The zero-order valence-corrected chi connectivity index (χ0v) is 14.2. The van der Waals surface area contributed by atoms with Gasteiger partial charge in [-0.2, -0.15) is 0 Å². The summed E-state index contributed by atoms with van der Waals surface area (Å²) in [5.74, 6) is 1.58. The average molecular weight is 292 g/mol. The van der Waals surface area contributed by atoms with E-state index in [0.29, 0.717) is 17.4 Å². The smallest absolute Gasteiger partial charge is 0.0946 e. The third kappa shape index (κ3) is 4.84. The largest absolute Gasteiger partial charge is 0.376 e. The number of rotatable bonds is 6. The van der Waals surface area contributed by atoms with Crippen molar-refractivity contribution < 1.29 is 4.74 Å². The summed E-state index contributed by atoms with van der Waals surface area (Å²) < 4.78 is 8.34. The Morgan fingerprint density at radius 1 is 1.24 bits per heavy atom. The zero-order chi connectivity index (χ0) is 15.3. The summed E-state index contributed by atoms with van der Waals surface area (Å²) in [5.41, 5.74) is 0.453. The maximum Gasteiger partial charge on any atom is 0.0946 e. The summed E-state index contributed by atoms with van der Waals surface area (Å²) in [4.78, 5) is 4.15. The summed E-state index contributed by atoms with van der Waals surface area (Å²) >= 11 is 0. The van der Waals surface area contributed by atoms with Gasteiger partial charge in [0, 0.05) is 19.0 Å². The molecule has 1 atom stereocenters. The lowest BCUT2D eigenvalue weighted by atomic mass is 9.69. The Hall–Kier alpha value is -0.830. The van der Waals surface area contributed by atoms with Crippen LogP contribution in [0.2, 0.25) is 0 Å². The molecular formula is C18H32N2O. The molecule has 0 aliphatic heterocycles. The molecule has 0 saturated heterocycles. The van der Waals surface area contributed by atoms with Gasteiger partial charge in [-0.05, 0) is 49.4 Å². The van der Waals surface area contributed by atoms with Crippen LogP contribution in [0.3, 0.4) is 0 Å². The van der Waals surface area contributed by atoms with Crippen molar-refractivity contribution in [2.45, 2.75) is 72.4 Å². The van der Waals surface area contributed by atoms with Crippen LogP contribution in [0.5, 0.6) is 0 Å². The van der Waals surface area contributed by atoms with Gasteiger partial charge in [-0.3, -0.25) is 0 Å². The minimum atomic E-state index is 0.347. The molecule has 21 heavy (non-hydrogen) atoms. The molecule has 3 heteroatoms. The highest BCUT2D eigenvalue weighted by Gasteiger charge is 2.33. The van der Waals surface area contributed by atoms with E-state index >= 15 is 0 Å². The number of imidazole rings is 1. The first-order chi connectivity index (χ1) is 10.0. The van der Waals surface area contributed by atoms with Crippen LogP contribution >= 0.6 is 0 Å². The van der Waals surface area contributed by atoms with E-state index in [0.717, 1.165) is 25.5 Å². The van der Waals surface area contributed by atoms with Gasteiger partial charge in [-0.1, -0.05) is 27.7 Å². The standard InChI is InChI=1S/C18H32N2O/c1-5-12-21-17(13-20-11-10-19-14-20)15-6-8-16(9-7-15)18(2,3)4/h10-11,14-17H,5-9,12-13H2,1-4H3. The number of nitrogens with zero attached hydrogens (tertiary/aromatic N) is 2. The van der Waals surface area contributed by atoms with E-state index in [1.807, 2.05) is 18.7 Å². The van der Waals surface area contributed by atoms with E-state index in [1.54, 1.807) is 0 Å². The van der Waals surface area contributed by atoms with Crippen LogP contribution in [0.4, 0.5) is 0 Å². The molecule has 1 aromatic rings. The van der Waals surface area contributed by atoms with Crippen molar-refractivity contribution in [2.75, 3.05) is 6.61 Å². The fraction of sp³-hybridized carbons (Fsp3) is 0.833. The predicted octanol–water partition coefficient (Wildman–Crippen LogP) is 4.53. The fourth-order valence-electron chi connectivity index (χ4n) is 3.57. The fourth-order valence-corrected chi connectivity index (χ4v) is 3.57. The first kappa shape index (κ1) is 16.5. The van der Waals surface area contributed by atoms with Gasteiger partial charge in [0.2, 0.25) is 0 Å². The van der Waals surface area contributed by atoms with Gasteiger partial charge >= 0.3 is 0 Å². The molecule has 0 aromatic carbocycles. The zero-order valence-electron chi connectivity index (χ0n) is 14.2. The second kappa shape index (κ2) is 7.44. The van der Waals surface area contributed by atoms with Gasteiger partial charge < -0.3 is 9.30 Å². The van der Waals surface area contributed by atoms with E-state index in [1.165, 1.54) is 25.7 Å². The molecule has 2 rings (SSSR count). The number of aromatic nitrogens is 2. The Morgan fingerprint density at radius 3 is 2.48 bits per heavy atom. The molecule has 1 aliphatic carbocycles. The number of hydrogen-bond donors (Lipinski definition) is 0. The highest BCUT2D eigenvalue weighted by atomic mass is 16.5. The van der Waals surface area contributed by atoms with Gasteiger partial charge in [-0.25, -0.2) is 4.98 Å². The summed E-state index contributed by atoms with van der Waals surface area (Å²) in [6, 6.07) is 0. The van der Waals surface area contributed by atoms with E-state index in [9.17, 15) is 0 Å². The van der Waals surface area contributed by atoms with E-state index < -0.39 is 0 Å². The van der Waals surface area contributed by atoms with E-state index in [-0.39, 0.29) is 0 Å². The highest BCUT2D eigenvalue weighted by molar-refractivity contribution is 4.85. The van der Waals surface area contributed by atoms with Crippen LogP contribution in [-0.4, -0.2) is 22.3 Å². The Balaban J connectivity index is 1.92. The third-order valence-electron chi connectivity index (χ3n) is 5.01. The molecule has 1 unspecified atom stereocenters. The van der Waals surface area contributed by atoms with Crippen molar-refractivity contribution >= 4 is 0 Å². The van der Waals surface area contributed by atoms with Crippen molar-refractivity contribution in [2.24, 2.45) is 17.3 Å². The predicted molar refractivity (Wildman–Crippen MR) is 87.2 cm³/mol. The van der Waals surface area contributed by atoms with E-state index in [4.69, 9.17) is 4.74 Å². The average Bonchev–Trinajstić information content (AvgIpc) is 2.95. The minimum Gasteiger partial charge on any atom is -0.376 e. The quantitative estimate of drug-likeness (QED) is 0.770. The second-order valence-electron chi connectivity index (χ2n) is 7.65. The van der Waals surface area contributed by atoms with Crippen molar-refractivity contribution in [3.8, 4) is 0 Å². The first-order valence-electron chi connectivity index (χ1n) is 8.58. The molecule has 1 aliphatic rings. The Morgan fingerprint density at radius 2 is 1.95 bits per heavy atom. The van der Waals surface area contributed by atoms with Crippen molar-refractivity contribution in [3.63, 3.8) is 0 Å². The van der Waals surface area contributed by atoms with E-state index in [2.05, 4.69) is 37.2 Å². The van der Waals surface area contributed by atoms with Gasteiger partial charge in [-0.15, -0.1) is 0 Å². The van der Waals surface area contributed by atoms with Gasteiger partial charge in [0.1, 0.15) is 0 Å². The molecule has 1 saturated carbocycles. The molecule has 1 aromatic heterocycles. The molecule has 0 amide bonds. The number of hydrogen-bond acceptors (Lipinski definition) is 2. The Kier molecular flexibility index (Phi) is 5.86.